The lowest BCUT2D eigenvalue weighted by Crippen LogP contribution is -2.46. The second-order valence-electron chi connectivity index (χ2n) is 5.30. The standard InChI is InChI=1S/C18H36O3/c1-6-11-12-13-14-15-16-17(7-2)18(19-8-3,20-9-4)21-10-5/h7,17H,2,6,8-16H2,1,3-5H3. The molecule has 0 saturated carbocycles. The van der Waals surface area contributed by atoms with E-state index >= 15 is 0 Å². The second-order valence-corrected chi connectivity index (χ2v) is 5.30. The van der Waals surface area contributed by atoms with Crippen molar-refractivity contribution < 1.29 is 14.2 Å². The molecule has 1 atom stereocenters. The number of unbranched alkanes of at least 4 members (excludes halogenated alkanes) is 5. The van der Waals surface area contributed by atoms with E-state index in [1.54, 1.807) is 0 Å². The molecule has 0 fully saturated rings. The summed E-state index contributed by atoms with van der Waals surface area (Å²) < 4.78 is 17.5. The van der Waals surface area contributed by atoms with Gasteiger partial charge in [-0.25, -0.2) is 0 Å². The maximum absolute atomic E-state index is 5.84. The van der Waals surface area contributed by atoms with Gasteiger partial charge in [0, 0.05) is 19.8 Å². The molecule has 0 aliphatic rings. The van der Waals surface area contributed by atoms with Crippen molar-refractivity contribution in [3.63, 3.8) is 0 Å². The van der Waals surface area contributed by atoms with E-state index in [2.05, 4.69) is 13.5 Å². The van der Waals surface area contributed by atoms with Crippen LogP contribution in [0.25, 0.3) is 0 Å². The van der Waals surface area contributed by atoms with E-state index in [-0.39, 0.29) is 5.92 Å². The van der Waals surface area contributed by atoms with E-state index in [0.29, 0.717) is 19.8 Å². The molecule has 0 aromatic heterocycles. The minimum atomic E-state index is -0.955. The van der Waals surface area contributed by atoms with Gasteiger partial charge in [-0.05, 0) is 27.2 Å². The van der Waals surface area contributed by atoms with Crippen LogP contribution < -0.4 is 0 Å². The summed E-state index contributed by atoms with van der Waals surface area (Å²) in [7, 11) is 0. The molecule has 0 aromatic rings. The quantitative estimate of drug-likeness (QED) is 0.233. The molecule has 0 aliphatic heterocycles. The first-order chi connectivity index (χ1) is 10.2. The maximum atomic E-state index is 5.84. The van der Waals surface area contributed by atoms with Gasteiger partial charge < -0.3 is 14.2 Å². The molecule has 1 unspecified atom stereocenters. The molecule has 0 amide bonds. The molecule has 0 bridgehead atoms. The largest absolute Gasteiger partial charge is 0.327 e. The lowest BCUT2D eigenvalue weighted by atomic mass is 9.97. The van der Waals surface area contributed by atoms with Gasteiger partial charge >= 0.3 is 0 Å². The van der Waals surface area contributed by atoms with E-state index in [9.17, 15) is 0 Å². The van der Waals surface area contributed by atoms with Crippen LogP contribution in [0.15, 0.2) is 12.7 Å². The van der Waals surface area contributed by atoms with Crippen LogP contribution in [0.1, 0.15) is 72.6 Å². The molecule has 0 radical (unpaired) electrons. The summed E-state index contributed by atoms with van der Waals surface area (Å²) in [5.41, 5.74) is 0. The first kappa shape index (κ1) is 20.6. The number of rotatable bonds is 15. The third kappa shape index (κ3) is 7.98. The first-order valence-corrected chi connectivity index (χ1v) is 8.75. The fourth-order valence-electron chi connectivity index (χ4n) is 2.63. The van der Waals surface area contributed by atoms with Gasteiger partial charge in [-0.2, -0.15) is 0 Å². The average Bonchev–Trinajstić information content (AvgIpc) is 2.47. The lowest BCUT2D eigenvalue weighted by Gasteiger charge is -2.37. The summed E-state index contributed by atoms with van der Waals surface area (Å²) in [5.74, 6) is -0.882. The normalized spacial score (nSPS) is 13.3. The van der Waals surface area contributed by atoms with Gasteiger partial charge in [0.25, 0.3) is 5.97 Å². The van der Waals surface area contributed by atoms with Crippen molar-refractivity contribution in [3.8, 4) is 0 Å². The topological polar surface area (TPSA) is 27.7 Å². The molecule has 21 heavy (non-hydrogen) atoms. The Balaban J connectivity index is 4.47. The Morgan fingerprint density at radius 3 is 1.71 bits per heavy atom. The van der Waals surface area contributed by atoms with Gasteiger partial charge in [0.2, 0.25) is 0 Å². The van der Waals surface area contributed by atoms with E-state index in [1.807, 2.05) is 26.8 Å². The molecular formula is C18H36O3. The highest BCUT2D eigenvalue weighted by molar-refractivity contribution is 4.87. The Kier molecular flexibility index (Phi) is 13.1. The average molecular weight is 300 g/mol. The highest BCUT2D eigenvalue weighted by atomic mass is 16.9. The molecule has 0 spiro atoms. The van der Waals surface area contributed by atoms with Crippen LogP contribution in [0.3, 0.4) is 0 Å². The zero-order chi connectivity index (χ0) is 16.0. The summed E-state index contributed by atoms with van der Waals surface area (Å²) in [6, 6.07) is 0. The van der Waals surface area contributed by atoms with Gasteiger partial charge in [0.05, 0.1) is 5.92 Å². The monoisotopic (exact) mass is 300 g/mol. The van der Waals surface area contributed by atoms with Crippen molar-refractivity contribution in [1.29, 1.82) is 0 Å². The third-order valence-corrected chi connectivity index (χ3v) is 3.64. The van der Waals surface area contributed by atoms with Crippen molar-refractivity contribution in [1.82, 2.24) is 0 Å². The molecule has 0 heterocycles. The molecule has 0 N–H and O–H groups in total. The maximum Gasteiger partial charge on any atom is 0.289 e. The van der Waals surface area contributed by atoms with Crippen LogP contribution in [-0.2, 0) is 14.2 Å². The Hall–Kier alpha value is -0.380. The van der Waals surface area contributed by atoms with Crippen LogP contribution in [0.4, 0.5) is 0 Å². The van der Waals surface area contributed by atoms with E-state index < -0.39 is 5.97 Å². The molecule has 3 nitrogen and oxygen atoms in total. The number of ether oxygens (including phenoxy) is 3. The SMILES string of the molecule is C=CC(CCCCCCCC)C(OCC)(OCC)OCC. The molecule has 126 valence electrons. The summed E-state index contributed by atoms with van der Waals surface area (Å²) in [6.45, 7) is 13.8. The van der Waals surface area contributed by atoms with E-state index in [4.69, 9.17) is 14.2 Å². The van der Waals surface area contributed by atoms with E-state index in [0.717, 1.165) is 12.8 Å². The van der Waals surface area contributed by atoms with Gasteiger partial charge in [-0.1, -0.05) is 51.5 Å². The van der Waals surface area contributed by atoms with Crippen molar-refractivity contribution in [2.75, 3.05) is 19.8 Å². The van der Waals surface area contributed by atoms with Gasteiger partial charge in [-0.3, -0.25) is 0 Å². The Morgan fingerprint density at radius 1 is 0.810 bits per heavy atom. The summed E-state index contributed by atoms with van der Waals surface area (Å²) in [5, 5.41) is 0. The molecule has 0 aromatic carbocycles. The summed E-state index contributed by atoms with van der Waals surface area (Å²) in [4.78, 5) is 0. The highest BCUT2D eigenvalue weighted by Gasteiger charge is 2.40. The summed E-state index contributed by atoms with van der Waals surface area (Å²) in [6.07, 6.45) is 10.6. The molecule has 0 saturated heterocycles. The molecule has 3 heteroatoms. The fraction of sp³-hybridized carbons (Fsp3) is 0.889. The van der Waals surface area contributed by atoms with Crippen LogP contribution in [0, 0.1) is 5.92 Å². The zero-order valence-electron chi connectivity index (χ0n) is 14.7. The Morgan fingerprint density at radius 2 is 1.29 bits per heavy atom. The van der Waals surface area contributed by atoms with Gasteiger partial charge in [0.15, 0.2) is 0 Å². The summed E-state index contributed by atoms with van der Waals surface area (Å²) >= 11 is 0. The predicted octanol–water partition coefficient (Wildman–Crippen LogP) is 5.30. The lowest BCUT2D eigenvalue weighted by molar-refractivity contribution is -0.395. The minimum absolute atomic E-state index is 0.0727. The van der Waals surface area contributed by atoms with Crippen LogP contribution in [-0.4, -0.2) is 25.8 Å². The van der Waals surface area contributed by atoms with Crippen molar-refractivity contribution in [2.24, 2.45) is 5.92 Å². The molecule has 0 rings (SSSR count). The van der Waals surface area contributed by atoms with Gasteiger partial charge in [0.1, 0.15) is 0 Å². The minimum Gasteiger partial charge on any atom is -0.327 e. The van der Waals surface area contributed by atoms with Crippen LogP contribution >= 0.6 is 0 Å². The van der Waals surface area contributed by atoms with Gasteiger partial charge in [-0.15, -0.1) is 6.58 Å². The Labute approximate surface area is 132 Å². The van der Waals surface area contributed by atoms with E-state index in [1.165, 1.54) is 32.1 Å². The highest BCUT2D eigenvalue weighted by Crippen LogP contribution is 2.31. The van der Waals surface area contributed by atoms with Crippen molar-refractivity contribution in [3.05, 3.63) is 12.7 Å². The third-order valence-electron chi connectivity index (χ3n) is 3.64. The van der Waals surface area contributed by atoms with Crippen molar-refractivity contribution >= 4 is 0 Å². The first-order valence-electron chi connectivity index (χ1n) is 8.75. The Bertz CT molecular complexity index is 224. The predicted molar refractivity (Wildman–Crippen MR) is 89.3 cm³/mol. The zero-order valence-corrected chi connectivity index (χ0v) is 14.7. The van der Waals surface area contributed by atoms with Crippen molar-refractivity contribution in [2.45, 2.75) is 78.6 Å². The van der Waals surface area contributed by atoms with Crippen LogP contribution in [0.2, 0.25) is 0 Å². The second kappa shape index (κ2) is 13.3. The molecular weight excluding hydrogens is 264 g/mol. The molecule has 0 aliphatic carbocycles. The number of hydrogen-bond acceptors (Lipinski definition) is 3. The smallest absolute Gasteiger partial charge is 0.289 e. The fourth-order valence-corrected chi connectivity index (χ4v) is 2.63. The number of hydrogen-bond donors (Lipinski definition) is 0. The van der Waals surface area contributed by atoms with Crippen LogP contribution in [0.5, 0.6) is 0 Å².